The summed E-state index contributed by atoms with van der Waals surface area (Å²) in [6.07, 6.45) is 5.93. The average Bonchev–Trinajstić information content (AvgIpc) is 3.33. The molecule has 120 valence electrons. The molecule has 0 atom stereocenters. The largest absolute Gasteiger partial charge is 0.331 e. The van der Waals surface area contributed by atoms with Crippen molar-refractivity contribution in [2.24, 2.45) is 0 Å². The molecule has 0 unspecified atom stereocenters. The van der Waals surface area contributed by atoms with Crippen molar-refractivity contribution in [3.63, 3.8) is 0 Å². The molecule has 1 fully saturated rings. The number of carbonyl (C=O) groups is 1. The van der Waals surface area contributed by atoms with E-state index in [2.05, 4.69) is 35.7 Å². The third-order valence-electron chi connectivity index (χ3n) is 4.41. The van der Waals surface area contributed by atoms with Gasteiger partial charge in [-0.2, -0.15) is 0 Å². The van der Waals surface area contributed by atoms with E-state index in [4.69, 9.17) is 0 Å². The highest BCUT2D eigenvalue weighted by molar-refractivity contribution is 7.09. The Bertz CT molecular complexity index is 873. The Balaban J connectivity index is 1.56. The van der Waals surface area contributed by atoms with Crippen LogP contribution in [0, 0.1) is 0 Å². The molecule has 1 heterocycles. The summed E-state index contributed by atoms with van der Waals surface area (Å²) in [6.45, 7) is 0.723. The van der Waals surface area contributed by atoms with Crippen molar-refractivity contribution >= 4 is 34.1 Å². The van der Waals surface area contributed by atoms with E-state index in [1.165, 1.54) is 15.6 Å². The first-order valence-corrected chi connectivity index (χ1v) is 9.18. The molecule has 0 aliphatic heterocycles. The van der Waals surface area contributed by atoms with Gasteiger partial charge in [-0.15, -0.1) is 11.3 Å². The van der Waals surface area contributed by atoms with Gasteiger partial charge in [0.1, 0.15) is 0 Å². The third-order valence-corrected chi connectivity index (χ3v) is 5.27. The first-order valence-electron chi connectivity index (χ1n) is 8.30. The van der Waals surface area contributed by atoms with Crippen LogP contribution >= 0.6 is 11.3 Å². The minimum Gasteiger partial charge on any atom is -0.331 e. The molecule has 0 N–H and O–H groups in total. The average molecular weight is 333 g/mol. The molecule has 3 heteroatoms. The van der Waals surface area contributed by atoms with E-state index in [1.807, 2.05) is 35.2 Å². The van der Waals surface area contributed by atoms with Gasteiger partial charge < -0.3 is 4.90 Å². The van der Waals surface area contributed by atoms with Crippen molar-refractivity contribution in [2.45, 2.75) is 25.4 Å². The van der Waals surface area contributed by atoms with Crippen molar-refractivity contribution in [2.75, 3.05) is 0 Å². The van der Waals surface area contributed by atoms with Crippen LogP contribution in [0.5, 0.6) is 0 Å². The molecule has 24 heavy (non-hydrogen) atoms. The van der Waals surface area contributed by atoms with Crippen molar-refractivity contribution in [3.8, 4) is 0 Å². The molecule has 0 bridgehead atoms. The number of carbonyl (C=O) groups excluding carboxylic acids is 1. The Morgan fingerprint density at radius 1 is 1.08 bits per heavy atom. The zero-order valence-corrected chi connectivity index (χ0v) is 14.2. The highest BCUT2D eigenvalue weighted by atomic mass is 32.1. The Labute approximate surface area is 146 Å². The molecule has 1 aliphatic carbocycles. The lowest BCUT2D eigenvalue weighted by Crippen LogP contribution is -2.30. The molecule has 0 spiro atoms. The van der Waals surface area contributed by atoms with Gasteiger partial charge in [0.15, 0.2) is 0 Å². The zero-order valence-electron chi connectivity index (χ0n) is 13.4. The van der Waals surface area contributed by atoms with E-state index in [0.717, 1.165) is 24.9 Å². The molecule has 1 saturated carbocycles. The van der Waals surface area contributed by atoms with Gasteiger partial charge in [-0.25, -0.2) is 0 Å². The lowest BCUT2D eigenvalue weighted by atomic mass is 10.0. The zero-order chi connectivity index (χ0) is 16.4. The Morgan fingerprint density at radius 2 is 1.92 bits per heavy atom. The maximum absolute atomic E-state index is 12.7. The fourth-order valence-corrected chi connectivity index (χ4v) is 3.70. The highest BCUT2D eigenvalue weighted by Crippen LogP contribution is 2.29. The van der Waals surface area contributed by atoms with Crippen LogP contribution in [0.25, 0.3) is 16.8 Å². The van der Waals surface area contributed by atoms with Crippen molar-refractivity contribution in [3.05, 3.63) is 76.5 Å². The summed E-state index contributed by atoms with van der Waals surface area (Å²) in [5.74, 6) is 0.110. The molecule has 0 saturated heterocycles. The number of benzene rings is 2. The summed E-state index contributed by atoms with van der Waals surface area (Å²) < 4.78 is 0. The number of amides is 1. The van der Waals surface area contributed by atoms with E-state index in [9.17, 15) is 4.79 Å². The number of hydrogen-bond donors (Lipinski definition) is 0. The number of nitrogens with zero attached hydrogens (tertiary/aromatic N) is 1. The molecule has 2 nitrogen and oxygen atoms in total. The van der Waals surface area contributed by atoms with E-state index in [0.29, 0.717) is 6.04 Å². The monoisotopic (exact) mass is 333 g/mol. The summed E-state index contributed by atoms with van der Waals surface area (Å²) in [5.41, 5.74) is 1.09. The quantitative estimate of drug-likeness (QED) is 0.594. The second kappa shape index (κ2) is 6.62. The van der Waals surface area contributed by atoms with E-state index >= 15 is 0 Å². The maximum Gasteiger partial charge on any atom is 0.247 e. The SMILES string of the molecule is O=C(/C=C/c1cccc2ccccc12)N(Cc1cccs1)C1CC1. The fraction of sp³-hybridized carbons (Fsp3) is 0.190. The summed E-state index contributed by atoms with van der Waals surface area (Å²) in [7, 11) is 0. The molecular weight excluding hydrogens is 314 g/mol. The first-order chi connectivity index (χ1) is 11.8. The maximum atomic E-state index is 12.7. The van der Waals surface area contributed by atoms with Crippen molar-refractivity contribution in [1.82, 2.24) is 4.90 Å². The summed E-state index contributed by atoms with van der Waals surface area (Å²) in [6, 6.07) is 19.0. The van der Waals surface area contributed by atoms with Crippen LogP contribution in [0.2, 0.25) is 0 Å². The van der Waals surface area contributed by atoms with Crippen LogP contribution < -0.4 is 0 Å². The Kier molecular flexibility index (Phi) is 4.18. The molecule has 2 aromatic carbocycles. The fourth-order valence-electron chi connectivity index (χ4n) is 3.00. The number of thiophene rings is 1. The van der Waals surface area contributed by atoms with Gasteiger partial charge in [-0.05, 0) is 46.7 Å². The molecule has 1 aliphatic rings. The second-order valence-electron chi connectivity index (χ2n) is 6.18. The Hall–Kier alpha value is -2.39. The molecule has 4 rings (SSSR count). The highest BCUT2D eigenvalue weighted by Gasteiger charge is 2.31. The Morgan fingerprint density at radius 3 is 2.71 bits per heavy atom. The molecule has 3 aromatic rings. The van der Waals surface area contributed by atoms with Crippen LogP contribution in [0.3, 0.4) is 0 Å². The van der Waals surface area contributed by atoms with Crippen LogP contribution in [0.15, 0.2) is 66.1 Å². The predicted octanol–water partition coefficient (Wildman–Crippen LogP) is 5.11. The lowest BCUT2D eigenvalue weighted by molar-refractivity contribution is -0.127. The summed E-state index contributed by atoms with van der Waals surface area (Å²) in [5, 5.41) is 4.45. The smallest absolute Gasteiger partial charge is 0.247 e. The summed E-state index contributed by atoms with van der Waals surface area (Å²) >= 11 is 1.71. The molecular formula is C21H19NOS. The second-order valence-corrected chi connectivity index (χ2v) is 7.21. The number of fused-ring (bicyclic) bond motifs is 1. The molecule has 1 aromatic heterocycles. The first kappa shape index (κ1) is 15.2. The standard InChI is InChI=1S/C21H19NOS/c23-21(22(18-11-12-18)15-19-8-4-14-24-19)13-10-17-7-3-6-16-5-1-2-9-20(16)17/h1-10,13-14,18H,11-12,15H2/b13-10+. The van der Waals surface area contributed by atoms with Gasteiger partial charge in [0.2, 0.25) is 5.91 Å². The van der Waals surface area contributed by atoms with Crippen LogP contribution in [-0.4, -0.2) is 16.8 Å². The van der Waals surface area contributed by atoms with Gasteiger partial charge >= 0.3 is 0 Å². The van der Waals surface area contributed by atoms with Crippen LogP contribution in [0.1, 0.15) is 23.3 Å². The van der Waals surface area contributed by atoms with Crippen molar-refractivity contribution < 1.29 is 4.79 Å². The van der Waals surface area contributed by atoms with Gasteiger partial charge in [-0.3, -0.25) is 4.79 Å². The minimum atomic E-state index is 0.110. The van der Waals surface area contributed by atoms with Gasteiger partial charge in [-0.1, -0.05) is 48.5 Å². The van der Waals surface area contributed by atoms with Crippen molar-refractivity contribution in [1.29, 1.82) is 0 Å². The summed E-state index contributed by atoms with van der Waals surface area (Å²) in [4.78, 5) is 16.0. The number of hydrogen-bond acceptors (Lipinski definition) is 2. The lowest BCUT2D eigenvalue weighted by Gasteiger charge is -2.20. The normalized spacial score (nSPS) is 14.3. The van der Waals surface area contributed by atoms with E-state index in [-0.39, 0.29) is 5.91 Å². The number of rotatable bonds is 5. The van der Waals surface area contributed by atoms with Crippen LogP contribution in [0.4, 0.5) is 0 Å². The topological polar surface area (TPSA) is 20.3 Å². The minimum absolute atomic E-state index is 0.110. The van der Waals surface area contributed by atoms with Gasteiger partial charge in [0, 0.05) is 17.0 Å². The van der Waals surface area contributed by atoms with E-state index in [1.54, 1.807) is 17.4 Å². The van der Waals surface area contributed by atoms with Gasteiger partial charge in [0.25, 0.3) is 0 Å². The van der Waals surface area contributed by atoms with Crippen LogP contribution in [-0.2, 0) is 11.3 Å². The molecule has 0 radical (unpaired) electrons. The van der Waals surface area contributed by atoms with E-state index < -0.39 is 0 Å². The van der Waals surface area contributed by atoms with Gasteiger partial charge in [0.05, 0.1) is 6.54 Å². The predicted molar refractivity (Wildman–Crippen MR) is 101 cm³/mol. The molecule has 1 amide bonds. The third kappa shape index (κ3) is 3.26.